The van der Waals surface area contributed by atoms with Gasteiger partial charge in [-0.2, -0.15) is 0 Å². The number of hydrogen-bond acceptors (Lipinski definition) is 5. The van der Waals surface area contributed by atoms with Crippen molar-refractivity contribution in [2.75, 3.05) is 33.8 Å². The van der Waals surface area contributed by atoms with Crippen molar-refractivity contribution >= 4 is 11.9 Å². The number of carbonyl (C=O) groups is 2. The van der Waals surface area contributed by atoms with Gasteiger partial charge in [0, 0.05) is 37.7 Å². The van der Waals surface area contributed by atoms with Crippen molar-refractivity contribution in [1.29, 1.82) is 0 Å². The van der Waals surface area contributed by atoms with E-state index in [0.717, 1.165) is 38.0 Å². The topological polar surface area (TPSA) is 59.1 Å². The fourth-order valence-electron chi connectivity index (χ4n) is 5.23. The lowest BCUT2D eigenvalue weighted by Crippen LogP contribution is -2.42. The van der Waals surface area contributed by atoms with E-state index in [1.807, 2.05) is 24.1 Å². The molecule has 4 rings (SSSR count). The van der Waals surface area contributed by atoms with E-state index in [1.54, 1.807) is 13.2 Å². The maximum atomic E-state index is 13.0. The molecule has 0 aromatic heterocycles. The molecule has 1 spiro atoms. The highest BCUT2D eigenvalue weighted by atomic mass is 16.6. The number of ether oxygens (including phenoxy) is 2. The third-order valence-electron chi connectivity index (χ3n) is 7.16. The van der Waals surface area contributed by atoms with Crippen molar-refractivity contribution in [3.05, 3.63) is 29.3 Å². The summed E-state index contributed by atoms with van der Waals surface area (Å²) in [6.07, 6.45) is 5.42. The average molecular weight is 401 g/mol. The summed E-state index contributed by atoms with van der Waals surface area (Å²) < 4.78 is 11.1. The summed E-state index contributed by atoms with van der Waals surface area (Å²) >= 11 is 0. The van der Waals surface area contributed by atoms with Crippen LogP contribution in [0.1, 0.15) is 61.4 Å². The van der Waals surface area contributed by atoms with Gasteiger partial charge in [-0.15, -0.1) is 0 Å². The summed E-state index contributed by atoms with van der Waals surface area (Å²) in [5.41, 5.74) is 0.982. The summed E-state index contributed by atoms with van der Waals surface area (Å²) in [5, 5.41) is 0. The molecule has 2 aliphatic heterocycles. The quantitative estimate of drug-likeness (QED) is 0.711. The molecular formula is C23H32N2O4. The van der Waals surface area contributed by atoms with Crippen molar-refractivity contribution in [2.45, 2.75) is 57.1 Å². The molecule has 1 amide bonds. The van der Waals surface area contributed by atoms with Gasteiger partial charge in [-0.1, -0.05) is 6.07 Å². The van der Waals surface area contributed by atoms with Gasteiger partial charge in [-0.05, 0) is 64.1 Å². The second-order valence-corrected chi connectivity index (χ2v) is 8.86. The molecule has 1 aromatic rings. The monoisotopic (exact) mass is 400 g/mol. The standard InChI is InChI=1S/C23H32N2O4/c1-16-5-4-12-25(16)14-13-24(2)21(26)17-8-10-23(11-9-17)20-7-6-18(28-3)15-19(20)22(27)29-23/h6-7,15-17H,4-5,8-14H2,1-3H3/t16-,17-,23-/m1/s1. The first-order chi connectivity index (χ1) is 13.9. The van der Waals surface area contributed by atoms with Gasteiger partial charge in [0.05, 0.1) is 12.7 Å². The van der Waals surface area contributed by atoms with Crippen LogP contribution in [-0.4, -0.2) is 61.5 Å². The number of methoxy groups -OCH3 is 1. The number of esters is 1. The third-order valence-corrected chi connectivity index (χ3v) is 7.16. The van der Waals surface area contributed by atoms with Crippen LogP contribution in [0.15, 0.2) is 18.2 Å². The normalized spacial score (nSPS) is 29.0. The number of likely N-dealkylation sites (N-methyl/N-ethyl adjacent to an activating group) is 1. The first-order valence-corrected chi connectivity index (χ1v) is 10.8. The van der Waals surface area contributed by atoms with Crippen molar-refractivity contribution < 1.29 is 19.1 Å². The molecule has 1 saturated heterocycles. The minimum atomic E-state index is -0.570. The molecule has 29 heavy (non-hydrogen) atoms. The average Bonchev–Trinajstić information content (AvgIpc) is 3.26. The highest BCUT2D eigenvalue weighted by molar-refractivity contribution is 5.95. The Hall–Kier alpha value is -2.08. The zero-order valence-corrected chi connectivity index (χ0v) is 17.8. The number of hydrogen-bond donors (Lipinski definition) is 0. The van der Waals surface area contributed by atoms with Gasteiger partial charge in [-0.3, -0.25) is 9.69 Å². The molecule has 1 saturated carbocycles. The van der Waals surface area contributed by atoms with Crippen LogP contribution in [0.2, 0.25) is 0 Å². The van der Waals surface area contributed by atoms with E-state index in [-0.39, 0.29) is 17.8 Å². The van der Waals surface area contributed by atoms with Crippen LogP contribution in [0.5, 0.6) is 5.75 Å². The first kappa shape index (κ1) is 20.2. The predicted molar refractivity (Wildman–Crippen MR) is 110 cm³/mol. The molecule has 158 valence electrons. The highest BCUT2D eigenvalue weighted by Gasteiger charge is 2.48. The Morgan fingerprint density at radius 2 is 2.07 bits per heavy atom. The molecule has 1 aromatic carbocycles. The number of carbonyl (C=O) groups excluding carboxylic acids is 2. The Balaban J connectivity index is 1.36. The molecule has 6 heteroatoms. The van der Waals surface area contributed by atoms with Gasteiger partial charge in [0.15, 0.2) is 0 Å². The largest absolute Gasteiger partial charge is 0.497 e. The molecule has 0 N–H and O–H groups in total. The molecule has 1 atom stereocenters. The van der Waals surface area contributed by atoms with E-state index in [1.165, 1.54) is 12.8 Å². The molecule has 0 bridgehead atoms. The van der Waals surface area contributed by atoms with Crippen LogP contribution in [0.4, 0.5) is 0 Å². The molecule has 1 aliphatic carbocycles. The Morgan fingerprint density at radius 3 is 2.72 bits per heavy atom. The van der Waals surface area contributed by atoms with E-state index >= 15 is 0 Å². The number of amides is 1. The van der Waals surface area contributed by atoms with E-state index < -0.39 is 5.60 Å². The van der Waals surface area contributed by atoms with Crippen LogP contribution in [0.25, 0.3) is 0 Å². The Morgan fingerprint density at radius 1 is 1.31 bits per heavy atom. The maximum absolute atomic E-state index is 13.0. The van der Waals surface area contributed by atoms with Crippen molar-refractivity contribution in [1.82, 2.24) is 9.80 Å². The Bertz CT molecular complexity index is 785. The summed E-state index contributed by atoms with van der Waals surface area (Å²) in [6.45, 7) is 5.14. The summed E-state index contributed by atoms with van der Waals surface area (Å²) in [5.74, 6) is 0.629. The molecule has 6 nitrogen and oxygen atoms in total. The second kappa shape index (κ2) is 7.98. The molecule has 0 unspecified atom stereocenters. The van der Waals surface area contributed by atoms with Crippen LogP contribution in [0.3, 0.4) is 0 Å². The SMILES string of the molecule is COc1ccc2c(c1)C(=O)O[C@]21CC[C@H](C(=O)N(C)CCN2CCC[C@H]2C)CC1. The fraction of sp³-hybridized carbons (Fsp3) is 0.652. The lowest BCUT2D eigenvalue weighted by Gasteiger charge is -2.37. The van der Waals surface area contributed by atoms with Crippen LogP contribution in [-0.2, 0) is 15.1 Å². The molecule has 2 fully saturated rings. The van der Waals surface area contributed by atoms with Crippen LogP contribution >= 0.6 is 0 Å². The van der Waals surface area contributed by atoms with Crippen molar-refractivity contribution in [3.63, 3.8) is 0 Å². The molecule has 2 heterocycles. The van der Waals surface area contributed by atoms with Crippen molar-refractivity contribution in [2.24, 2.45) is 5.92 Å². The van der Waals surface area contributed by atoms with Gasteiger partial charge >= 0.3 is 5.97 Å². The van der Waals surface area contributed by atoms with E-state index in [4.69, 9.17) is 9.47 Å². The summed E-state index contributed by atoms with van der Waals surface area (Å²) in [7, 11) is 3.51. The second-order valence-electron chi connectivity index (χ2n) is 8.86. The fourth-order valence-corrected chi connectivity index (χ4v) is 5.23. The minimum absolute atomic E-state index is 0.0163. The summed E-state index contributed by atoms with van der Waals surface area (Å²) in [6, 6.07) is 6.22. The van der Waals surface area contributed by atoms with Gasteiger partial charge in [0.1, 0.15) is 11.4 Å². The highest BCUT2D eigenvalue weighted by Crippen LogP contribution is 2.49. The van der Waals surface area contributed by atoms with Gasteiger partial charge < -0.3 is 14.4 Å². The maximum Gasteiger partial charge on any atom is 0.339 e. The minimum Gasteiger partial charge on any atom is -0.497 e. The van der Waals surface area contributed by atoms with Crippen molar-refractivity contribution in [3.8, 4) is 5.75 Å². The smallest absolute Gasteiger partial charge is 0.339 e. The van der Waals surface area contributed by atoms with Gasteiger partial charge in [0.25, 0.3) is 0 Å². The van der Waals surface area contributed by atoms with Crippen LogP contribution < -0.4 is 4.74 Å². The third kappa shape index (κ3) is 3.75. The molecule has 3 aliphatic rings. The predicted octanol–water partition coefficient (Wildman–Crippen LogP) is 3.19. The van der Waals surface area contributed by atoms with E-state index in [2.05, 4.69) is 11.8 Å². The zero-order chi connectivity index (χ0) is 20.6. The lowest BCUT2D eigenvalue weighted by atomic mass is 9.74. The van der Waals surface area contributed by atoms with E-state index in [0.29, 0.717) is 30.2 Å². The lowest BCUT2D eigenvalue weighted by molar-refractivity contribution is -0.137. The number of benzene rings is 1. The Labute approximate surface area is 173 Å². The molecule has 0 radical (unpaired) electrons. The first-order valence-electron chi connectivity index (χ1n) is 10.8. The number of fused-ring (bicyclic) bond motifs is 2. The summed E-state index contributed by atoms with van der Waals surface area (Å²) in [4.78, 5) is 29.7. The van der Waals surface area contributed by atoms with Gasteiger partial charge in [0.2, 0.25) is 5.91 Å². The number of rotatable bonds is 5. The van der Waals surface area contributed by atoms with Crippen LogP contribution in [0, 0.1) is 5.92 Å². The zero-order valence-electron chi connectivity index (χ0n) is 17.8. The number of nitrogens with zero attached hydrogens (tertiary/aromatic N) is 2. The van der Waals surface area contributed by atoms with E-state index in [9.17, 15) is 9.59 Å². The Kier molecular flexibility index (Phi) is 5.56. The van der Waals surface area contributed by atoms with Gasteiger partial charge in [-0.25, -0.2) is 4.79 Å². The number of likely N-dealkylation sites (tertiary alicyclic amines) is 1. The molecular weight excluding hydrogens is 368 g/mol.